The first-order chi connectivity index (χ1) is 6.98. The molecule has 0 amide bonds. The maximum Gasteiger partial charge on any atom is 0.0247 e. The van der Waals surface area contributed by atoms with Crippen molar-refractivity contribution in [3.63, 3.8) is 0 Å². The molecule has 2 fully saturated rings. The number of hydrogen-bond donors (Lipinski definition) is 1. The van der Waals surface area contributed by atoms with E-state index in [9.17, 15) is 0 Å². The minimum atomic E-state index is 0.489. The summed E-state index contributed by atoms with van der Waals surface area (Å²) >= 11 is 0. The molecule has 1 saturated carbocycles. The minimum absolute atomic E-state index is 0.489. The van der Waals surface area contributed by atoms with Gasteiger partial charge in [0.05, 0.1) is 0 Å². The molecule has 1 heterocycles. The molecule has 0 spiro atoms. The van der Waals surface area contributed by atoms with Gasteiger partial charge in [0.15, 0.2) is 0 Å². The van der Waals surface area contributed by atoms with Crippen LogP contribution < -0.4 is 5.32 Å². The summed E-state index contributed by atoms with van der Waals surface area (Å²) < 4.78 is 0. The smallest absolute Gasteiger partial charge is 0.0247 e. The molecule has 88 valence electrons. The Morgan fingerprint density at radius 3 is 2.60 bits per heavy atom. The van der Waals surface area contributed by atoms with Crippen molar-refractivity contribution in [2.24, 2.45) is 11.3 Å². The normalized spacial score (nSPS) is 38.8. The van der Waals surface area contributed by atoms with Crippen molar-refractivity contribution in [1.29, 1.82) is 0 Å². The van der Waals surface area contributed by atoms with Crippen molar-refractivity contribution < 1.29 is 0 Å². The van der Waals surface area contributed by atoms with Crippen molar-refractivity contribution in [1.82, 2.24) is 10.2 Å². The zero-order chi connectivity index (χ0) is 11.1. The summed E-state index contributed by atoms with van der Waals surface area (Å²) in [5, 5.41) is 3.71. The summed E-state index contributed by atoms with van der Waals surface area (Å²) in [6.45, 7) is 9.58. The molecule has 0 radical (unpaired) electrons. The SMILES string of the molecule is CN1CCNC2CC(C(C)(C)C)CCC21. The fourth-order valence-corrected chi connectivity index (χ4v) is 3.28. The lowest BCUT2D eigenvalue weighted by molar-refractivity contribution is 0.0563. The molecule has 2 aliphatic rings. The van der Waals surface area contributed by atoms with E-state index in [2.05, 4.69) is 38.0 Å². The first kappa shape index (κ1) is 11.4. The lowest BCUT2D eigenvalue weighted by Gasteiger charge is -2.48. The largest absolute Gasteiger partial charge is 0.311 e. The van der Waals surface area contributed by atoms with E-state index >= 15 is 0 Å². The number of rotatable bonds is 0. The zero-order valence-corrected chi connectivity index (χ0v) is 10.7. The second kappa shape index (κ2) is 4.06. The van der Waals surface area contributed by atoms with Crippen LogP contribution in [0.3, 0.4) is 0 Å². The number of hydrogen-bond acceptors (Lipinski definition) is 2. The van der Waals surface area contributed by atoms with Gasteiger partial charge in [-0.2, -0.15) is 0 Å². The van der Waals surface area contributed by atoms with Crippen LogP contribution in [0.5, 0.6) is 0 Å². The first-order valence-electron chi connectivity index (χ1n) is 6.42. The molecule has 2 rings (SSSR count). The summed E-state index contributed by atoms with van der Waals surface area (Å²) in [4.78, 5) is 2.56. The number of piperazine rings is 1. The van der Waals surface area contributed by atoms with Gasteiger partial charge in [0.25, 0.3) is 0 Å². The maximum atomic E-state index is 3.71. The van der Waals surface area contributed by atoms with Gasteiger partial charge in [-0.25, -0.2) is 0 Å². The molecule has 3 unspecified atom stereocenters. The van der Waals surface area contributed by atoms with Crippen LogP contribution in [0.25, 0.3) is 0 Å². The Balaban J connectivity index is 2.00. The third kappa shape index (κ3) is 2.36. The number of likely N-dealkylation sites (N-methyl/N-ethyl adjacent to an activating group) is 1. The Morgan fingerprint density at radius 1 is 1.20 bits per heavy atom. The molecule has 15 heavy (non-hydrogen) atoms. The fraction of sp³-hybridized carbons (Fsp3) is 1.00. The van der Waals surface area contributed by atoms with E-state index in [-0.39, 0.29) is 0 Å². The summed E-state index contributed by atoms with van der Waals surface area (Å²) in [5.41, 5.74) is 0.489. The Kier molecular flexibility index (Phi) is 3.09. The van der Waals surface area contributed by atoms with Gasteiger partial charge in [-0.3, -0.25) is 0 Å². The van der Waals surface area contributed by atoms with Crippen LogP contribution in [0.15, 0.2) is 0 Å². The lowest BCUT2D eigenvalue weighted by atomic mass is 9.69. The third-order valence-corrected chi connectivity index (χ3v) is 4.48. The number of nitrogens with one attached hydrogen (secondary N) is 1. The molecule has 1 saturated heterocycles. The van der Waals surface area contributed by atoms with Crippen molar-refractivity contribution in [2.45, 2.75) is 52.1 Å². The molecule has 0 bridgehead atoms. The van der Waals surface area contributed by atoms with Gasteiger partial charge in [-0.05, 0) is 37.6 Å². The molecule has 1 aliphatic carbocycles. The van der Waals surface area contributed by atoms with Crippen LogP contribution in [0.4, 0.5) is 0 Å². The summed E-state index contributed by atoms with van der Waals surface area (Å²) in [7, 11) is 2.29. The molecule has 1 aliphatic heterocycles. The summed E-state index contributed by atoms with van der Waals surface area (Å²) in [6, 6.07) is 1.55. The van der Waals surface area contributed by atoms with Crippen molar-refractivity contribution in [3.05, 3.63) is 0 Å². The van der Waals surface area contributed by atoms with Crippen LogP contribution in [0, 0.1) is 11.3 Å². The van der Waals surface area contributed by atoms with Gasteiger partial charge >= 0.3 is 0 Å². The molecule has 0 aromatic rings. The quantitative estimate of drug-likeness (QED) is 0.659. The average Bonchev–Trinajstić information content (AvgIpc) is 2.16. The molecular formula is C13H26N2. The standard InChI is InChI=1S/C13H26N2/c1-13(2,3)10-5-6-12-11(9-10)14-7-8-15(12)4/h10-12,14H,5-9H2,1-4H3. The second-order valence-corrected chi connectivity index (χ2v) is 6.48. The third-order valence-electron chi connectivity index (χ3n) is 4.48. The highest BCUT2D eigenvalue weighted by molar-refractivity contribution is 4.95. The van der Waals surface area contributed by atoms with Crippen LogP contribution >= 0.6 is 0 Å². The average molecular weight is 210 g/mol. The van der Waals surface area contributed by atoms with Gasteiger partial charge in [-0.1, -0.05) is 20.8 Å². The predicted octanol–water partition coefficient (Wildman–Crippen LogP) is 2.10. The van der Waals surface area contributed by atoms with E-state index in [1.165, 1.54) is 32.4 Å². The Bertz CT molecular complexity index is 219. The number of fused-ring (bicyclic) bond motifs is 1. The Labute approximate surface area is 94.4 Å². The van der Waals surface area contributed by atoms with E-state index in [4.69, 9.17) is 0 Å². The van der Waals surface area contributed by atoms with Crippen molar-refractivity contribution in [2.75, 3.05) is 20.1 Å². The highest BCUT2D eigenvalue weighted by Gasteiger charge is 2.38. The Hall–Kier alpha value is -0.0800. The van der Waals surface area contributed by atoms with E-state index in [0.29, 0.717) is 5.41 Å². The Morgan fingerprint density at radius 2 is 1.93 bits per heavy atom. The highest BCUT2D eigenvalue weighted by atomic mass is 15.2. The minimum Gasteiger partial charge on any atom is -0.311 e. The zero-order valence-electron chi connectivity index (χ0n) is 10.7. The van der Waals surface area contributed by atoms with Crippen molar-refractivity contribution >= 4 is 0 Å². The molecule has 2 nitrogen and oxygen atoms in total. The molecule has 3 atom stereocenters. The van der Waals surface area contributed by atoms with E-state index in [1.54, 1.807) is 0 Å². The van der Waals surface area contributed by atoms with Gasteiger partial charge < -0.3 is 10.2 Å². The molecule has 2 heteroatoms. The van der Waals surface area contributed by atoms with Crippen LogP contribution in [0.1, 0.15) is 40.0 Å². The predicted molar refractivity (Wildman–Crippen MR) is 65.0 cm³/mol. The van der Waals surface area contributed by atoms with Gasteiger partial charge in [0.2, 0.25) is 0 Å². The molecule has 1 N–H and O–H groups in total. The van der Waals surface area contributed by atoms with E-state index in [1.807, 2.05) is 0 Å². The fourth-order valence-electron chi connectivity index (χ4n) is 3.28. The van der Waals surface area contributed by atoms with Gasteiger partial charge in [0.1, 0.15) is 0 Å². The van der Waals surface area contributed by atoms with Gasteiger partial charge in [0, 0.05) is 25.2 Å². The van der Waals surface area contributed by atoms with Crippen molar-refractivity contribution in [3.8, 4) is 0 Å². The van der Waals surface area contributed by atoms with E-state index in [0.717, 1.165) is 18.0 Å². The van der Waals surface area contributed by atoms with Crippen LogP contribution in [-0.2, 0) is 0 Å². The highest BCUT2D eigenvalue weighted by Crippen LogP contribution is 2.39. The topological polar surface area (TPSA) is 15.3 Å². The lowest BCUT2D eigenvalue weighted by Crippen LogP contribution is -2.59. The summed E-state index contributed by atoms with van der Waals surface area (Å²) in [6.07, 6.45) is 4.17. The van der Waals surface area contributed by atoms with Gasteiger partial charge in [-0.15, -0.1) is 0 Å². The monoisotopic (exact) mass is 210 g/mol. The molecule has 0 aromatic heterocycles. The van der Waals surface area contributed by atoms with Crippen LogP contribution in [0.2, 0.25) is 0 Å². The second-order valence-electron chi connectivity index (χ2n) is 6.48. The first-order valence-corrected chi connectivity index (χ1v) is 6.42. The number of nitrogens with zero attached hydrogens (tertiary/aromatic N) is 1. The van der Waals surface area contributed by atoms with E-state index < -0.39 is 0 Å². The summed E-state index contributed by atoms with van der Waals surface area (Å²) in [5.74, 6) is 0.901. The molecular weight excluding hydrogens is 184 g/mol. The molecule has 0 aromatic carbocycles. The maximum absolute atomic E-state index is 3.71. The van der Waals surface area contributed by atoms with Crippen LogP contribution in [-0.4, -0.2) is 37.1 Å².